The average Bonchev–Trinajstić information content (AvgIpc) is 1.63. The molecule has 21 heteroatoms. The number of benzene rings is 6. The van der Waals surface area contributed by atoms with E-state index in [2.05, 4.69) is 226 Å². The zero-order valence-electron chi connectivity index (χ0n) is 62.4. The van der Waals surface area contributed by atoms with Crippen molar-refractivity contribution in [2.24, 2.45) is 0 Å². The monoisotopic (exact) mass is 1440 g/mol. The highest BCUT2D eigenvalue weighted by atomic mass is 16.5. The summed E-state index contributed by atoms with van der Waals surface area (Å²) in [4.78, 5) is 40.7. The number of fused-ring (bicyclic) bond motifs is 9. The molecule has 12 aromatic rings. The standard InChI is InChI=1S/C29H34N6O.2C29H32N6O/c3*1-19-32-26-27(30)33-29-34-28(26)35(19)18-21-11-14-25(23(16-21)6-3-2-4-15-36-29)22-12-9-20(10-13-22)17-31-24-7-5-8-24/h9-14,16,24,31H,2-8,15,17-18H2,1H3,(H2,30,33,34);2*2-3,9-14,16,24,31H,4-8,15,17-18H2,1H3,(H2,30,33,34)/b;3-2+;3-2-. The van der Waals surface area contributed by atoms with Crippen molar-refractivity contribution in [2.45, 2.75) is 187 Å². The van der Waals surface area contributed by atoms with Crippen LogP contribution in [0, 0.1) is 20.8 Å². The van der Waals surface area contributed by atoms with Gasteiger partial charge in [0.1, 0.15) is 17.5 Å². The molecule has 9 heterocycles. The van der Waals surface area contributed by atoms with Crippen LogP contribution in [0.5, 0.6) is 18.0 Å². The van der Waals surface area contributed by atoms with E-state index in [1.54, 1.807) is 0 Å². The summed E-state index contributed by atoms with van der Waals surface area (Å²) in [6.07, 6.45) is 28.2. The number of anilines is 3. The van der Waals surface area contributed by atoms with Crippen LogP contribution in [-0.4, -0.2) is 96.5 Å². The summed E-state index contributed by atoms with van der Waals surface area (Å²) in [7, 11) is 0. The summed E-state index contributed by atoms with van der Waals surface area (Å²) in [5.41, 5.74) is 41.9. The number of nitrogens with one attached hydrogen (secondary N) is 3. The van der Waals surface area contributed by atoms with Gasteiger partial charge in [0.2, 0.25) is 0 Å². The fourth-order valence-electron chi connectivity index (χ4n) is 15.1. The zero-order valence-corrected chi connectivity index (χ0v) is 62.4. The molecule has 0 unspecified atom stereocenters. The highest BCUT2D eigenvalue weighted by molar-refractivity contribution is 5.85. The number of nitrogens with zero attached hydrogens (tertiary/aromatic N) is 12. The second-order valence-electron chi connectivity index (χ2n) is 29.8. The van der Waals surface area contributed by atoms with E-state index in [0.717, 1.165) is 94.1 Å². The Kier molecular flexibility index (Phi) is 21.6. The third-order valence-corrected chi connectivity index (χ3v) is 22.2. The van der Waals surface area contributed by atoms with Gasteiger partial charge in [-0.3, -0.25) is 0 Å². The third kappa shape index (κ3) is 16.5. The number of allylic oxidation sites excluding steroid dienone is 2. The Bertz CT molecular complexity index is 5020. The summed E-state index contributed by atoms with van der Waals surface area (Å²) in [6, 6.07) is 50.5. The molecule has 0 atom stereocenters. The maximum atomic E-state index is 6.20. The second-order valence-corrected chi connectivity index (χ2v) is 29.8. The number of rotatable bonds is 12. The number of aryl methyl sites for hydroxylation is 4. The molecule has 0 radical (unpaired) electrons. The summed E-state index contributed by atoms with van der Waals surface area (Å²) < 4.78 is 23.7. The minimum absolute atomic E-state index is 0.300. The fraction of sp³-hybridized carbons (Fsp3) is 0.368. The van der Waals surface area contributed by atoms with E-state index in [4.69, 9.17) is 31.4 Å². The van der Waals surface area contributed by atoms with Crippen LogP contribution >= 0.6 is 0 Å². The van der Waals surface area contributed by atoms with Gasteiger partial charge >= 0.3 is 18.0 Å². The Balaban J connectivity index is 0.000000124. The van der Waals surface area contributed by atoms with Gasteiger partial charge in [-0.05, 0) is 194 Å². The Morgan fingerprint density at radius 3 is 1.06 bits per heavy atom. The van der Waals surface area contributed by atoms with E-state index in [0.29, 0.717) is 121 Å². The normalized spacial score (nSPS) is 16.8. The molecule has 3 saturated carbocycles. The maximum absolute atomic E-state index is 6.20. The van der Waals surface area contributed by atoms with Gasteiger partial charge in [-0.1, -0.05) is 171 Å². The van der Waals surface area contributed by atoms with Crippen molar-refractivity contribution in [1.82, 2.24) is 74.5 Å². The molecule has 9 N–H and O–H groups in total. The lowest BCUT2D eigenvalue weighted by Gasteiger charge is -2.26. The minimum atomic E-state index is 0.300. The summed E-state index contributed by atoms with van der Waals surface area (Å²) in [6.45, 7) is 12.3. The SMILES string of the molecule is Cc1nc2c(N)nc3nc2n1Cc1ccc(-c2ccc(CNC4CCC4)cc2)c(c1)C/C=C/CCO3.Cc1nc2c(N)nc3nc2n1Cc1ccc(-c2ccc(CNC4CCC4)cc2)c(c1)C/C=C\CCO3.Cc1nc2c(N)nc3nc2n1Cc1ccc(-c2ccc(CNC4CCC4)cc2)c(c1)CCCCCO3. The van der Waals surface area contributed by atoms with Crippen molar-refractivity contribution in [1.29, 1.82) is 0 Å². The first-order chi connectivity index (χ1) is 52.9. The van der Waals surface area contributed by atoms with Crippen molar-refractivity contribution in [3.8, 4) is 51.4 Å². The fourth-order valence-corrected chi connectivity index (χ4v) is 15.1. The first kappa shape index (κ1) is 71.4. The molecule has 0 saturated heterocycles. The van der Waals surface area contributed by atoms with Gasteiger partial charge in [-0.2, -0.15) is 29.9 Å². The van der Waals surface area contributed by atoms with Crippen molar-refractivity contribution in [3.63, 3.8) is 0 Å². The number of imidazole rings is 3. The number of aromatic nitrogens is 12. The number of nitrogen functional groups attached to an aromatic ring is 3. The molecule has 554 valence electrons. The van der Waals surface area contributed by atoms with Crippen molar-refractivity contribution < 1.29 is 14.2 Å². The molecule has 12 bridgehead atoms. The lowest BCUT2D eigenvalue weighted by molar-refractivity contribution is 0.283. The number of hydrogen-bond acceptors (Lipinski definition) is 18. The quantitative estimate of drug-likeness (QED) is 0.0620. The Morgan fingerprint density at radius 2 is 0.704 bits per heavy atom. The van der Waals surface area contributed by atoms with E-state index in [-0.39, 0.29) is 0 Å². The summed E-state index contributed by atoms with van der Waals surface area (Å²) in [5, 5.41) is 11.0. The Labute approximate surface area is 631 Å². The van der Waals surface area contributed by atoms with Crippen LogP contribution in [-0.2, 0) is 58.5 Å². The highest BCUT2D eigenvalue weighted by Gasteiger charge is 2.24. The lowest BCUT2D eigenvalue weighted by Crippen LogP contribution is -2.34. The molecular formula is C87H98N18O3. The molecule has 21 nitrogen and oxygen atoms in total. The van der Waals surface area contributed by atoms with Crippen molar-refractivity contribution >= 4 is 50.9 Å². The van der Waals surface area contributed by atoms with Crippen LogP contribution in [0.25, 0.3) is 66.9 Å². The molecule has 6 aromatic heterocycles. The maximum Gasteiger partial charge on any atom is 0.320 e. The van der Waals surface area contributed by atoms with Crippen molar-refractivity contribution in [3.05, 3.63) is 219 Å². The molecule has 0 amide bonds. The topological polar surface area (TPSA) is 273 Å². The van der Waals surface area contributed by atoms with Gasteiger partial charge in [0.15, 0.2) is 50.9 Å². The molecule has 6 aromatic carbocycles. The van der Waals surface area contributed by atoms with E-state index in [1.165, 1.54) is 141 Å². The molecule has 0 spiro atoms. The molecule has 3 aliphatic carbocycles. The van der Waals surface area contributed by atoms with Crippen LogP contribution in [0.3, 0.4) is 0 Å². The van der Waals surface area contributed by atoms with Crippen LogP contribution in [0.1, 0.15) is 157 Å². The third-order valence-electron chi connectivity index (χ3n) is 22.2. The average molecular weight is 1440 g/mol. The zero-order chi connectivity index (χ0) is 73.5. The van der Waals surface area contributed by atoms with Gasteiger partial charge in [0, 0.05) is 37.8 Å². The van der Waals surface area contributed by atoms with Crippen molar-refractivity contribution in [2.75, 3.05) is 37.0 Å². The second kappa shape index (κ2) is 32.7. The van der Waals surface area contributed by atoms with Crippen LogP contribution < -0.4 is 47.4 Å². The van der Waals surface area contributed by atoms with Gasteiger partial charge in [0.25, 0.3) is 0 Å². The van der Waals surface area contributed by atoms with Gasteiger partial charge in [-0.15, -0.1) is 0 Å². The van der Waals surface area contributed by atoms with Gasteiger partial charge < -0.3 is 61.1 Å². The van der Waals surface area contributed by atoms with E-state index in [1.807, 2.05) is 20.8 Å². The highest BCUT2D eigenvalue weighted by Crippen LogP contribution is 2.35. The Morgan fingerprint density at radius 1 is 0.361 bits per heavy atom. The smallest absolute Gasteiger partial charge is 0.320 e. The van der Waals surface area contributed by atoms with E-state index in [9.17, 15) is 0 Å². The summed E-state index contributed by atoms with van der Waals surface area (Å²) in [5.74, 6) is 3.64. The number of hydrogen-bond donors (Lipinski definition) is 6. The molecule has 108 heavy (non-hydrogen) atoms. The van der Waals surface area contributed by atoms with Gasteiger partial charge in [0.05, 0.1) is 39.5 Å². The first-order valence-corrected chi connectivity index (χ1v) is 38.9. The largest absolute Gasteiger partial charge is 0.463 e. The molecule has 3 fully saturated rings. The lowest BCUT2D eigenvalue weighted by atomic mass is 9.92. The summed E-state index contributed by atoms with van der Waals surface area (Å²) >= 11 is 0. The molecular weight excluding hydrogens is 1350 g/mol. The van der Waals surface area contributed by atoms with Crippen LogP contribution in [0.4, 0.5) is 17.5 Å². The molecule has 18 rings (SSSR count). The van der Waals surface area contributed by atoms with E-state index >= 15 is 0 Å². The predicted molar refractivity (Wildman–Crippen MR) is 429 cm³/mol. The molecule has 6 aliphatic rings. The van der Waals surface area contributed by atoms with Crippen LogP contribution in [0.2, 0.25) is 0 Å². The predicted octanol–water partition coefficient (Wildman–Crippen LogP) is 15.1. The minimum Gasteiger partial charge on any atom is -0.463 e. The number of nitrogens with two attached hydrogens (primary N) is 3. The van der Waals surface area contributed by atoms with Crippen LogP contribution in [0.15, 0.2) is 152 Å². The Hall–Kier alpha value is -10.9. The van der Waals surface area contributed by atoms with E-state index < -0.39 is 0 Å². The first-order valence-electron chi connectivity index (χ1n) is 38.9. The van der Waals surface area contributed by atoms with Gasteiger partial charge in [-0.25, -0.2) is 15.0 Å². The number of ether oxygens (including phenoxy) is 3. The molecule has 3 aliphatic heterocycles.